The Labute approximate surface area is 105 Å². The molecule has 0 aliphatic carbocycles. The van der Waals surface area contributed by atoms with Crippen LogP contribution in [0.5, 0.6) is 0 Å². The first-order valence-electron chi connectivity index (χ1n) is 5.31. The predicted octanol–water partition coefficient (Wildman–Crippen LogP) is 2.54. The smallest absolute Gasteiger partial charge is 0.233 e. The van der Waals surface area contributed by atoms with Crippen LogP contribution in [-0.4, -0.2) is 11.2 Å². The molecule has 0 saturated heterocycles. The van der Waals surface area contributed by atoms with Gasteiger partial charge in [-0.05, 0) is 23.6 Å². The van der Waals surface area contributed by atoms with Crippen molar-refractivity contribution in [3.8, 4) is 0 Å². The van der Waals surface area contributed by atoms with Gasteiger partial charge in [0.25, 0.3) is 0 Å². The first-order valence-corrected chi connectivity index (χ1v) is 5.83. The number of carbonyl (C=O) groups is 1. The molecule has 0 bridgehead atoms. The fourth-order valence-electron chi connectivity index (χ4n) is 1.25. The lowest BCUT2D eigenvalue weighted by Crippen LogP contribution is -2.33. The lowest BCUT2D eigenvalue weighted by molar-refractivity contribution is -0.121. The number of carbonyl (C=O) groups excluding carboxylic acids is 1. The van der Waals surface area contributed by atoms with Crippen molar-refractivity contribution in [2.45, 2.75) is 25.6 Å². The summed E-state index contributed by atoms with van der Waals surface area (Å²) in [6, 6.07) is 3.54. The van der Waals surface area contributed by atoms with E-state index in [1.54, 1.807) is 0 Å². The van der Waals surface area contributed by atoms with E-state index < -0.39 is 16.9 Å². The van der Waals surface area contributed by atoms with Crippen molar-refractivity contribution in [2.75, 3.05) is 0 Å². The molecule has 0 radical (unpaired) electrons. The monoisotopic (exact) mass is 259 g/mol. The Morgan fingerprint density at radius 3 is 2.53 bits per heavy atom. The molecule has 0 spiro atoms. The van der Waals surface area contributed by atoms with Gasteiger partial charge >= 0.3 is 0 Å². The lowest BCUT2D eigenvalue weighted by Gasteiger charge is -2.14. The van der Waals surface area contributed by atoms with Crippen LogP contribution in [0, 0.1) is 17.6 Å². The minimum Gasteiger partial charge on any atom is -0.351 e. The van der Waals surface area contributed by atoms with Crippen LogP contribution < -0.4 is 5.32 Å². The summed E-state index contributed by atoms with van der Waals surface area (Å²) in [7, 11) is 0. The molecule has 1 unspecified atom stereocenters. The zero-order valence-electron chi connectivity index (χ0n) is 9.71. The highest BCUT2D eigenvalue weighted by atomic mass is 32.1. The zero-order chi connectivity index (χ0) is 13.0. The molecule has 0 fully saturated rings. The van der Waals surface area contributed by atoms with Gasteiger partial charge in [-0.2, -0.15) is 12.6 Å². The summed E-state index contributed by atoms with van der Waals surface area (Å²) >= 11 is 4.16. The second kappa shape index (κ2) is 6.00. The van der Waals surface area contributed by atoms with Crippen LogP contribution in [0.3, 0.4) is 0 Å². The van der Waals surface area contributed by atoms with Crippen LogP contribution in [0.2, 0.25) is 0 Å². The normalized spacial score (nSPS) is 12.6. The van der Waals surface area contributed by atoms with Crippen LogP contribution in [0.15, 0.2) is 18.2 Å². The summed E-state index contributed by atoms with van der Waals surface area (Å²) in [6.45, 7) is 3.93. The molecule has 1 N–H and O–H groups in total. The molecule has 5 heteroatoms. The second-order valence-corrected chi connectivity index (χ2v) is 4.71. The summed E-state index contributed by atoms with van der Waals surface area (Å²) in [6.07, 6.45) is 0. The van der Waals surface area contributed by atoms with E-state index in [-0.39, 0.29) is 18.4 Å². The number of hydrogen-bond donors (Lipinski definition) is 2. The highest BCUT2D eigenvalue weighted by molar-refractivity contribution is 7.81. The minimum absolute atomic E-state index is 0.114. The summed E-state index contributed by atoms with van der Waals surface area (Å²) in [5.41, 5.74) is 0.515. The van der Waals surface area contributed by atoms with E-state index >= 15 is 0 Å². The maximum Gasteiger partial charge on any atom is 0.233 e. The molecule has 0 heterocycles. The summed E-state index contributed by atoms with van der Waals surface area (Å²) in [5.74, 6) is -1.91. The molecule has 0 aliphatic rings. The first kappa shape index (κ1) is 14.0. The van der Waals surface area contributed by atoms with Gasteiger partial charge in [-0.3, -0.25) is 4.79 Å². The maximum absolute atomic E-state index is 12.9. The third-order valence-electron chi connectivity index (χ3n) is 2.35. The number of thiol groups is 1. The molecule has 94 valence electrons. The van der Waals surface area contributed by atoms with E-state index in [0.717, 1.165) is 12.1 Å². The molecule has 1 atom stereocenters. The Morgan fingerprint density at radius 1 is 1.35 bits per heavy atom. The Bertz CT molecular complexity index is 409. The van der Waals surface area contributed by atoms with E-state index in [1.165, 1.54) is 6.07 Å². The number of hydrogen-bond acceptors (Lipinski definition) is 2. The predicted molar refractivity (Wildman–Crippen MR) is 65.8 cm³/mol. The minimum atomic E-state index is -0.914. The molecule has 1 rings (SSSR count). The van der Waals surface area contributed by atoms with Crippen LogP contribution in [-0.2, 0) is 11.3 Å². The van der Waals surface area contributed by atoms with Gasteiger partial charge in [0.05, 0.1) is 5.25 Å². The molecule has 2 nitrogen and oxygen atoms in total. The lowest BCUT2D eigenvalue weighted by atomic mass is 10.1. The fourth-order valence-corrected chi connectivity index (χ4v) is 1.34. The number of amides is 1. The quantitative estimate of drug-likeness (QED) is 0.799. The van der Waals surface area contributed by atoms with E-state index in [4.69, 9.17) is 0 Å². The molecule has 0 aromatic heterocycles. The fraction of sp³-hybridized carbons (Fsp3) is 0.417. The number of benzene rings is 1. The second-order valence-electron chi connectivity index (χ2n) is 4.16. The summed E-state index contributed by atoms with van der Waals surface area (Å²) < 4.78 is 25.5. The number of nitrogens with one attached hydrogen (secondary N) is 1. The van der Waals surface area contributed by atoms with Gasteiger partial charge in [0.1, 0.15) is 0 Å². The largest absolute Gasteiger partial charge is 0.351 e. The van der Waals surface area contributed by atoms with Crippen molar-refractivity contribution >= 4 is 18.5 Å². The first-order chi connectivity index (χ1) is 7.91. The third kappa shape index (κ3) is 4.00. The van der Waals surface area contributed by atoms with Crippen molar-refractivity contribution in [1.82, 2.24) is 5.32 Å². The van der Waals surface area contributed by atoms with E-state index in [0.29, 0.717) is 5.56 Å². The topological polar surface area (TPSA) is 29.1 Å². The van der Waals surface area contributed by atoms with E-state index in [2.05, 4.69) is 17.9 Å². The number of rotatable bonds is 4. The van der Waals surface area contributed by atoms with Crippen LogP contribution in [0.4, 0.5) is 8.78 Å². The average Bonchev–Trinajstić information content (AvgIpc) is 2.29. The summed E-state index contributed by atoms with van der Waals surface area (Å²) in [5, 5.41) is 2.22. The zero-order valence-corrected chi connectivity index (χ0v) is 10.6. The van der Waals surface area contributed by atoms with Crippen molar-refractivity contribution in [2.24, 2.45) is 5.92 Å². The molecule has 1 amide bonds. The molecule has 0 aliphatic heterocycles. The van der Waals surface area contributed by atoms with Gasteiger partial charge in [-0.25, -0.2) is 8.78 Å². The van der Waals surface area contributed by atoms with Crippen molar-refractivity contribution in [3.63, 3.8) is 0 Å². The van der Waals surface area contributed by atoms with Crippen molar-refractivity contribution < 1.29 is 13.6 Å². The highest BCUT2D eigenvalue weighted by Gasteiger charge is 2.17. The van der Waals surface area contributed by atoms with Crippen LogP contribution in [0.1, 0.15) is 19.4 Å². The van der Waals surface area contributed by atoms with Crippen LogP contribution in [0.25, 0.3) is 0 Å². The van der Waals surface area contributed by atoms with Gasteiger partial charge in [0.15, 0.2) is 11.6 Å². The Kier molecular flexibility index (Phi) is 4.93. The van der Waals surface area contributed by atoms with Gasteiger partial charge in [-0.15, -0.1) is 0 Å². The molecule has 1 aromatic carbocycles. The highest BCUT2D eigenvalue weighted by Crippen LogP contribution is 2.11. The molecular formula is C12H15F2NOS. The summed E-state index contributed by atoms with van der Waals surface area (Å²) in [4.78, 5) is 11.6. The Balaban J connectivity index is 2.56. The average molecular weight is 259 g/mol. The van der Waals surface area contributed by atoms with Gasteiger partial charge in [0, 0.05) is 6.54 Å². The SMILES string of the molecule is CC(C)C(S)C(=O)NCc1ccc(F)c(F)c1. The number of halogens is 2. The Hall–Kier alpha value is -1.10. The van der Waals surface area contributed by atoms with Crippen molar-refractivity contribution in [3.05, 3.63) is 35.4 Å². The van der Waals surface area contributed by atoms with Gasteiger partial charge < -0.3 is 5.32 Å². The Morgan fingerprint density at radius 2 is 2.00 bits per heavy atom. The molecule has 0 saturated carbocycles. The van der Waals surface area contributed by atoms with E-state index in [1.807, 2.05) is 13.8 Å². The third-order valence-corrected chi connectivity index (χ3v) is 3.18. The maximum atomic E-state index is 12.9. The standard InChI is InChI=1S/C12H15F2NOS/c1-7(2)11(17)12(16)15-6-8-3-4-9(13)10(14)5-8/h3-5,7,11,17H,6H2,1-2H3,(H,15,16). The van der Waals surface area contributed by atoms with Crippen LogP contribution >= 0.6 is 12.6 Å². The molecule has 1 aromatic rings. The van der Waals surface area contributed by atoms with Gasteiger partial charge in [-0.1, -0.05) is 19.9 Å². The van der Waals surface area contributed by atoms with E-state index in [9.17, 15) is 13.6 Å². The molecular weight excluding hydrogens is 244 g/mol. The van der Waals surface area contributed by atoms with Crippen molar-refractivity contribution in [1.29, 1.82) is 0 Å². The molecule has 17 heavy (non-hydrogen) atoms. The van der Waals surface area contributed by atoms with Gasteiger partial charge in [0.2, 0.25) is 5.91 Å².